The van der Waals surface area contributed by atoms with Crippen LogP contribution >= 0.6 is 0 Å². The van der Waals surface area contributed by atoms with Crippen molar-refractivity contribution >= 4 is 11.9 Å². The Kier molecular flexibility index (Phi) is 5.14. The molecule has 0 spiro atoms. The fourth-order valence-corrected chi connectivity index (χ4v) is 4.76. The predicted molar refractivity (Wildman–Crippen MR) is 101 cm³/mol. The van der Waals surface area contributed by atoms with Crippen LogP contribution in [0.2, 0.25) is 0 Å². The van der Waals surface area contributed by atoms with Gasteiger partial charge < -0.3 is 15.5 Å². The second kappa shape index (κ2) is 7.68. The summed E-state index contributed by atoms with van der Waals surface area (Å²) >= 11 is 0. The summed E-state index contributed by atoms with van der Waals surface area (Å²) in [7, 11) is 0. The summed E-state index contributed by atoms with van der Waals surface area (Å²) in [5.41, 5.74) is 2.56. The minimum Gasteiger partial charge on any atom is -0.347 e. The molecule has 0 aromatic heterocycles. The number of likely N-dealkylation sites (tertiary alicyclic amines) is 1. The highest BCUT2D eigenvalue weighted by Gasteiger charge is 2.36. The highest BCUT2D eigenvalue weighted by Crippen LogP contribution is 2.31. The number of amides is 3. The molecule has 0 radical (unpaired) electrons. The first kappa shape index (κ1) is 17.4. The first-order valence-corrected chi connectivity index (χ1v) is 10.2. The zero-order valence-electron chi connectivity index (χ0n) is 15.4. The number of fused-ring (bicyclic) bond motifs is 1. The van der Waals surface area contributed by atoms with Gasteiger partial charge in [-0.25, -0.2) is 4.79 Å². The molecule has 140 valence electrons. The number of nitrogens with zero attached hydrogens (tertiary/aromatic N) is 1. The number of hydrogen-bond donors (Lipinski definition) is 2. The third-order valence-corrected chi connectivity index (χ3v) is 6.20. The summed E-state index contributed by atoms with van der Waals surface area (Å²) in [6.07, 6.45) is 9.40. The van der Waals surface area contributed by atoms with Gasteiger partial charge in [0.2, 0.25) is 5.91 Å². The fourth-order valence-electron chi connectivity index (χ4n) is 4.76. The van der Waals surface area contributed by atoms with Crippen molar-refractivity contribution in [1.29, 1.82) is 0 Å². The quantitative estimate of drug-likeness (QED) is 0.874. The lowest BCUT2D eigenvalue weighted by Gasteiger charge is -2.29. The number of benzene rings is 1. The molecule has 3 amide bonds. The largest absolute Gasteiger partial charge is 0.347 e. The van der Waals surface area contributed by atoms with Gasteiger partial charge in [0, 0.05) is 12.6 Å². The van der Waals surface area contributed by atoms with Crippen LogP contribution < -0.4 is 10.6 Å². The molecule has 1 aliphatic heterocycles. The molecule has 2 atom stereocenters. The van der Waals surface area contributed by atoms with Gasteiger partial charge in [-0.1, -0.05) is 43.5 Å². The predicted octanol–water partition coefficient (Wildman–Crippen LogP) is 3.30. The molecule has 2 fully saturated rings. The van der Waals surface area contributed by atoms with Crippen molar-refractivity contribution < 1.29 is 9.59 Å². The smallest absolute Gasteiger partial charge is 0.318 e. The van der Waals surface area contributed by atoms with Crippen molar-refractivity contribution in [3.63, 3.8) is 0 Å². The van der Waals surface area contributed by atoms with Gasteiger partial charge in [0.05, 0.1) is 6.04 Å². The summed E-state index contributed by atoms with van der Waals surface area (Å²) in [4.78, 5) is 27.3. The normalized spacial score (nSPS) is 25.8. The Balaban J connectivity index is 1.37. The summed E-state index contributed by atoms with van der Waals surface area (Å²) in [5.74, 6) is 0.00278. The fraction of sp³-hybridized carbons (Fsp3) is 0.619. The second-order valence-corrected chi connectivity index (χ2v) is 7.93. The van der Waals surface area contributed by atoms with E-state index >= 15 is 0 Å². The average molecular weight is 355 g/mol. The van der Waals surface area contributed by atoms with Gasteiger partial charge in [-0.3, -0.25) is 4.79 Å². The van der Waals surface area contributed by atoms with Gasteiger partial charge in [0.1, 0.15) is 6.04 Å². The molecule has 1 saturated heterocycles. The average Bonchev–Trinajstić information content (AvgIpc) is 3.30. The summed E-state index contributed by atoms with van der Waals surface area (Å²) in [6.45, 7) is 0.678. The number of aryl methyl sites for hydroxylation is 1. The monoisotopic (exact) mass is 355 g/mol. The molecule has 2 aliphatic carbocycles. The van der Waals surface area contributed by atoms with E-state index in [1.54, 1.807) is 4.90 Å². The Morgan fingerprint density at radius 3 is 2.58 bits per heavy atom. The van der Waals surface area contributed by atoms with Crippen LogP contribution in [0.5, 0.6) is 0 Å². The second-order valence-electron chi connectivity index (χ2n) is 7.93. The lowest BCUT2D eigenvalue weighted by molar-refractivity contribution is -0.125. The highest BCUT2D eigenvalue weighted by molar-refractivity contribution is 5.88. The van der Waals surface area contributed by atoms with Crippen LogP contribution in [0.3, 0.4) is 0 Å². The van der Waals surface area contributed by atoms with Crippen LogP contribution in [-0.2, 0) is 11.2 Å². The summed E-state index contributed by atoms with van der Waals surface area (Å²) in [6, 6.07) is 8.31. The van der Waals surface area contributed by atoms with E-state index in [4.69, 9.17) is 0 Å². The Morgan fingerprint density at radius 1 is 0.923 bits per heavy atom. The Labute approximate surface area is 155 Å². The molecular weight excluding hydrogens is 326 g/mol. The number of carbonyl (C=O) groups is 2. The number of nitrogens with one attached hydrogen (secondary N) is 2. The van der Waals surface area contributed by atoms with Crippen LogP contribution in [0, 0.1) is 0 Å². The maximum absolute atomic E-state index is 12.9. The third-order valence-electron chi connectivity index (χ3n) is 6.20. The maximum atomic E-state index is 12.9. The Hall–Kier alpha value is -2.04. The number of carbonyl (C=O) groups excluding carboxylic acids is 2. The first-order chi connectivity index (χ1) is 12.7. The van der Waals surface area contributed by atoms with E-state index < -0.39 is 0 Å². The minimum atomic E-state index is -0.327. The molecule has 1 aromatic carbocycles. The molecule has 1 aromatic rings. The zero-order chi connectivity index (χ0) is 17.9. The van der Waals surface area contributed by atoms with Crippen molar-refractivity contribution in [3.05, 3.63) is 35.4 Å². The Morgan fingerprint density at radius 2 is 1.73 bits per heavy atom. The maximum Gasteiger partial charge on any atom is 0.318 e. The number of hydrogen-bond acceptors (Lipinski definition) is 2. The van der Waals surface area contributed by atoms with Gasteiger partial charge in [-0.2, -0.15) is 0 Å². The van der Waals surface area contributed by atoms with E-state index in [0.717, 1.165) is 38.5 Å². The van der Waals surface area contributed by atoms with E-state index in [9.17, 15) is 9.59 Å². The molecule has 0 bridgehead atoms. The SMILES string of the molecule is O=C(N[C@@H]1CCc2ccccc21)[C@@H]1CCCN1C(=O)NC1CCCCC1. The van der Waals surface area contributed by atoms with Crippen LogP contribution in [-0.4, -0.2) is 35.5 Å². The van der Waals surface area contributed by atoms with E-state index in [2.05, 4.69) is 28.8 Å². The molecule has 1 heterocycles. The number of urea groups is 1. The zero-order valence-corrected chi connectivity index (χ0v) is 15.4. The van der Waals surface area contributed by atoms with Crippen LogP contribution in [0.1, 0.15) is 68.5 Å². The van der Waals surface area contributed by atoms with Crippen molar-refractivity contribution in [1.82, 2.24) is 15.5 Å². The number of rotatable bonds is 3. The topological polar surface area (TPSA) is 61.4 Å². The van der Waals surface area contributed by atoms with E-state index in [1.165, 1.54) is 30.4 Å². The molecule has 5 heteroatoms. The molecule has 3 aliphatic rings. The van der Waals surface area contributed by atoms with E-state index in [-0.39, 0.29) is 30.1 Å². The lowest BCUT2D eigenvalue weighted by Crippen LogP contribution is -2.52. The van der Waals surface area contributed by atoms with Crippen LogP contribution in [0.15, 0.2) is 24.3 Å². The van der Waals surface area contributed by atoms with E-state index in [0.29, 0.717) is 6.54 Å². The highest BCUT2D eigenvalue weighted by atomic mass is 16.2. The molecule has 4 rings (SSSR count). The van der Waals surface area contributed by atoms with Crippen molar-refractivity contribution in [2.75, 3.05) is 6.54 Å². The van der Waals surface area contributed by atoms with Crippen LogP contribution in [0.4, 0.5) is 4.79 Å². The summed E-state index contributed by atoms with van der Waals surface area (Å²) < 4.78 is 0. The van der Waals surface area contributed by atoms with Crippen molar-refractivity contribution in [2.45, 2.75) is 75.9 Å². The van der Waals surface area contributed by atoms with Gasteiger partial charge >= 0.3 is 6.03 Å². The molecule has 0 unspecified atom stereocenters. The molecular formula is C21H29N3O2. The molecule has 1 saturated carbocycles. The van der Waals surface area contributed by atoms with Crippen LogP contribution in [0.25, 0.3) is 0 Å². The minimum absolute atomic E-state index is 0.00278. The van der Waals surface area contributed by atoms with Crippen molar-refractivity contribution in [3.8, 4) is 0 Å². The standard InChI is InChI=1S/C21H29N3O2/c25-20(23-18-13-12-15-7-4-5-10-17(15)18)19-11-6-14-24(19)21(26)22-16-8-2-1-3-9-16/h4-5,7,10,16,18-19H,1-3,6,8-9,11-14H2,(H,22,26)(H,23,25)/t18-,19+/m1/s1. The lowest BCUT2D eigenvalue weighted by atomic mass is 9.96. The third kappa shape index (κ3) is 3.57. The molecule has 26 heavy (non-hydrogen) atoms. The first-order valence-electron chi connectivity index (χ1n) is 10.2. The summed E-state index contributed by atoms with van der Waals surface area (Å²) in [5, 5.41) is 6.37. The van der Waals surface area contributed by atoms with Crippen molar-refractivity contribution in [2.24, 2.45) is 0 Å². The van der Waals surface area contributed by atoms with Gasteiger partial charge in [0.25, 0.3) is 0 Å². The van der Waals surface area contributed by atoms with Gasteiger partial charge in [-0.05, 0) is 49.7 Å². The van der Waals surface area contributed by atoms with E-state index in [1.807, 2.05) is 6.07 Å². The van der Waals surface area contributed by atoms with Gasteiger partial charge in [-0.15, -0.1) is 0 Å². The molecule has 2 N–H and O–H groups in total. The Bertz CT molecular complexity index is 669. The molecule has 5 nitrogen and oxygen atoms in total. The van der Waals surface area contributed by atoms with Gasteiger partial charge in [0.15, 0.2) is 0 Å².